The first-order valence-electron chi connectivity index (χ1n) is 7.77. The van der Waals surface area contributed by atoms with Crippen molar-refractivity contribution < 1.29 is 27.4 Å². The third kappa shape index (κ3) is 5.13. The van der Waals surface area contributed by atoms with E-state index in [2.05, 4.69) is 26.0 Å². The molecule has 27 heavy (non-hydrogen) atoms. The molecule has 140 valence electrons. The Morgan fingerprint density at radius 3 is 2.41 bits per heavy atom. The van der Waals surface area contributed by atoms with Gasteiger partial charge in [0.05, 0.1) is 4.47 Å². The molecule has 0 aliphatic heterocycles. The van der Waals surface area contributed by atoms with E-state index in [9.17, 15) is 18.0 Å². The van der Waals surface area contributed by atoms with Crippen LogP contribution >= 0.6 is 15.9 Å². The summed E-state index contributed by atoms with van der Waals surface area (Å²) in [6.07, 6.45) is -4.76. The van der Waals surface area contributed by atoms with Gasteiger partial charge >= 0.3 is 6.36 Å². The van der Waals surface area contributed by atoms with Gasteiger partial charge in [-0.2, -0.15) is 0 Å². The van der Waals surface area contributed by atoms with Crippen LogP contribution in [0.25, 0.3) is 10.8 Å². The Morgan fingerprint density at radius 1 is 1.00 bits per heavy atom. The number of hydrogen-bond donors (Lipinski definition) is 1. The van der Waals surface area contributed by atoms with E-state index in [1.54, 1.807) is 6.07 Å². The highest BCUT2D eigenvalue weighted by atomic mass is 79.9. The quantitative estimate of drug-likeness (QED) is 0.569. The molecule has 8 heteroatoms. The van der Waals surface area contributed by atoms with Gasteiger partial charge in [-0.15, -0.1) is 13.2 Å². The standard InChI is InChI=1S/C19H13BrF3NO3/c20-18-15-4-2-1-3-12(15)5-10-16(18)26-11-17(25)24-13-6-8-14(9-7-13)27-19(21,22)23/h1-10H,11H2,(H,24,25). The predicted octanol–water partition coefficient (Wildman–Crippen LogP) is 5.52. The van der Waals surface area contributed by atoms with Crippen molar-refractivity contribution in [1.29, 1.82) is 0 Å². The van der Waals surface area contributed by atoms with Gasteiger partial charge < -0.3 is 14.8 Å². The van der Waals surface area contributed by atoms with Crippen LogP contribution in [-0.2, 0) is 4.79 Å². The lowest BCUT2D eigenvalue weighted by Gasteiger charge is -2.11. The number of benzene rings is 3. The highest BCUT2D eigenvalue weighted by Crippen LogP contribution is 2.33. The third-order valence-corrected chi connectivity index (χ3v) is 4.38. The van der Waals surface area contributed by atoms with E-state index in [0.29, 0.717) is 11.4 Å². The van der Waals surface area contributed by atoms with Crippen molar-refractivity contribution in [1.82, 2.24) is 0 Å². The number of rotatable bonds is 5. The molecule has 0 heterocycles. The Morgan fingerprint density at radius 2 is 1.70 bits per heavy atom. The summed E-state index contributed by atoms with van der Waals surface area (Å²) >= 11 is 3.47. The molecule has 0 atom stereocenters. The van der Waals surface area contributed by atoms with Crippen molar-refractivity contribution in [2.24, 2.45) is 0 Å². The molecule has 3 aromatic carbocycles. The smallest absolute Gasteiger partial charge is 0.483 e. The second kappa shape index (κ2) is 7.87. The van der Waals surface area contributed by atoms with Gasteiger partial charge in [-0.05, 0) is 57.0 Å². The number of anilines is 1. The average molecular weight is 440 g/mol. The summed E-state index contributed by atoms with van der Waals surface area (Å²) in [6, 6.07) is 16.2. The first kappa shape index (κ1) is 19.0. The maximum absolute atomic E-state index is 12.1. The van der Waals surface area contributed by atoms with Crippen molar-refractivity contribution in [3.05, 3.63) is 65.1 Å². The summed E-state index contributed by atoms with van der Waals surface area (Å²) < 4.78 is 46.4. The highest BCUT2D eigenvalue weighted by molar-refractivity contribution is 9.10. The lowest BCUT2D eigenvalue weighted by Crippen LogP contribution is -2.20. The van der Waals surface area contributed by atoms with Crippen molar-refractivity contribution >= 4 is 38.3 Å². The van der Waals surface area contributed by atoms with Crippen molar-refractivity contribution in [3.8, 4) is 11.5 Å². The van der Waals surface area contributed by atoms with Gasteiger partial charge in [0, 0.05) is 5.69 Å². The molecule has 0 unspecified atom stereocenters. The summed E-state index contributed by atoms with van der Waals surface area (Å²) in [5.74, 6) is -0.297. The number of ether oxygens (including phenoxy) is 2. The van der Waals surface area contributed by atoms with Gasteiger partial charge in [-0.3, -0.25) is 4.79 Å². The topological polar surface area (TPSA) is 47.6 Å². The van der Waals surface area contributed by atoms with Crippen LogP contribution in [0.5, 0.6) is 11.5 Å². The minimum atomic E-state index is -4.76. The van der Waals surface area contributed by atoms with Crippen molar-refractivity contribution in [2.45, 2.75) is 6.36 Å². The van der Waals surface area contributed by atoms with Gasteiger partial charge in [0.2, 0.25) is 0 Å². The third-order valence-electron chi connectivity index (χ3n) is 3.56. The number of hydrogen-bond acceptors (Lipinski definition) is 3. The number of carbonyl (C=O) groups excluding carboxylic acids is 1. The van der Waals surface area contributed by atoms with Gasteiger partial charge in [0.15, 0.2) is 6.61 Å². The molecule has 0 aromatic heterocycles. The fraction of sp³-hybridized carbons (Fsp3) is 0.105. The van der Waals surface area contributed by atoms with Crippen LogP contribution in [0.4, 0.5) is 18.9 Å². The monoisotopic (exact) mass is 439 g/mol. The molecule has 0 saturated carbocycles. The van der Waals surface area contributed by atoms with E-state index in [1.165, 1.54) is 12.1 Å². The van der Waals surface area contributed by atoms with Crippen LogP contribution in [-0.4, -0.2) is 18.9 Å². The van der Waals surface area contributed by atoms with Crippen LogP contribution in [0.1, 0.15) is 0 Å². The molecule has 0 aliphatic carbocycles. The summed E-state index contributed by atoms with van der Waals surface area (Å²) in [6.45, 7) is -0.252. The van der Waals surface area contributed by atoms with E-state index in [-0.39, 0.29) is 12.4 Å². The summed E-state index contributed by atoms with van der Waals surface area (Å²) in [4.78, 5) is 12.0. The largest absolute Gasteiger partial charge is 0.573 e. The zero-order valence-electron chi connectivity index (χ0n) is 13.7. The van der Waals surface area contributed by atoms with E-state index in [4.69, 9.17) is 4.74 Å². The molecular weight excluding hydrogens is 427 g/mol. The van der Waals surface area contributed by atoms with Gasteiger partial charge in [-0.1, -0.05) is 30.3 Å². The molecule has 0 fully saturated rings. The van der Waals surface area contributed by atoms with Gasteiger partial charge in [-0.25, -0.2) is 0 Å². The summed E-state index contributed by atoms with van der Waals surface area (Å²) in [7, 11) is 0. The number of alkyl halides is 3. The highest BCUT2D eigenvalue weighted by Gasteiger charge is 2.30. The van der Waals surface area contributed by atoms with Crippen LogP contribution in [0.2, 0.25) is 0 Å². The lowest BCUT2D eigenvalue weighted by atomic mass is 10.1. The lowest BCUT2D eigenvalue weighted by molar-refractivity contribution is -0.274. The molecular formula is C19H13BrF3NO3. The number of amides is 1. The molecule has 0 saturated heterocycles. The maximum atomic E-state index is 12.1. The number of nitrogens with one attached hydrogen (secondary N) is 1. The minimum Gasteiger partial charge on any atom is -0.483 e. The maximum Gasteiger partial charge on any atom is 0.573 e. The molecule has 0 spiro atoms. The SMILES string of the molecule is O=C(COc1ccc2ccccc2c1Br)Nc1ccc(OC(F)(F)F)cc1. The van der Waals surface area contributed by atoms with E-state index in [1.807, 2.05) is 30.3 Å². The summed E-state index contributed by atoms with van der Waals surface area (Å²) in [5, 5.41) is 4.53. The molecule has 0 aliphatic rings. The zero-order valence-corrected chi connectivity index (χ0v) is 15.3. The van der Waals surface area contributed by atoms with E-state index < -0.39 is 12.3 Å². The van der Waals surface area contributed by atoms with E-state index >= 15 is 0 Å². The Kier molecular flexibility index (Phi) is 5.55. The first-order chi connectivity index (χ1) is 12.8. The zero-order chi connectivity index (χ0) is 19.4. The fourth-order valence-corrected chi connectivity index (χ4v) is 3.01. The molecule has 1 N–H and O–H groups in total. The normalized spacial score (nSPS) is 11.3. The number of carbonyl (C=O) groups is 1. The molecule has 4 nitrogen and oxygen atoms in total. The van der Waals surface area contributed by atoms with Crippen molar-refractivity contribution in [3.63, 3.8) is 0 Å². The fourth-order valence-electron chi connectivity index (χ4n) is 2.41. The summed E-state index contributed by atoms with van der Waals surface area (Å²) in [5.41, 5.74) is 0.329. The first-order valence-corrected chi connectivity index (χ1v) is 8.57. The Bertz CT molecular complexity index is 959. The van der Waals surface area contributed by atoms with Crippen LogP contribution in [0.3, 0.4) is 0 Å². The Balaban J connectivity index is 1.59. The van der Waals surface area contributed by atoms with Crippen molar-refractivity contribution in [2.75, 3.05) is 11.9 Å². The Hall–Kier alpha value is -2.74. The number of halogens is 4. The van der Waals surface area contributed by atoms with Crippen LogP contribution < -0.4 is 14.8 Å². The Labute approximate surface area is 161 Å². The van der Waals surface area contributed by atoms with Crippen LogP contribution in [0.15, 0.2) is 65.1 Å². The second-order valence-electron chi connectivity index (χ2n) is 5.51. The van der Waals surface area contributed by atoms with Crippen LogP contribution in [0, 0.1) is 0 Å². The molecule has 3 rings (SSSR count). The van der Waals surface area contributed by atoms with E-state index in [0.717, 1.165) is 27.4 Å². The average Bonchev–Trinajstić information content (AvgIpc) is 2.62. The second-order valence-corrected chi connectivity index (χ2v) is 6.30. The molecule has 0 radical (unpaired) electrons. The number of fused-ring (bicyclic) bond motifs is 1. The molecule has 1 amide bonds. The van der Waals surface area contributed by atoms with Gasteiger partial charge in [0.25, 0.3) is 5.91 Å². The molecule has 3 aromatic rings. The van der Waals surface area contributed by atoms with Gasteiger partial charge in [0.1, 0.15) is 11.5 Å². The molecule has 0 bridgehead atoms. The minimum absolute atomic E-state index is 0.252. The predicted molar refractivity (Wildman–Crippen MR) is 98.9 cm³/mol.